The molecule has 1 atom stereocenters. The number of aromatic nitrogens is 1. The van der Waals surface area contributed by atoms with Gasteiger partial charge < -0.3 is 13.9 Å². The number of fused-ring (bicyclic) bond motifs is 1. The smallest absolute Gasteiger partial charge is 0.337 e. The normalized spacial score (nSPS) is 13.7. The molecule has 0 amide bonds. The third-order valence-corrected chi connectivity index (χ3v) is 3.53. The van der Waals surface area contributed by atoms with E-state index in [0.717, 1.165) is 0 Å². The summed E-state index contributed by atoms with van der Waals surface area (Å²) in [6.07, 6.45) is 0. The topological polar surface area (TPSA) is 78.6 Å². The van der Waals surface area contributed by atoms with Gasteiger partial charge in [0.25, 0.3) is 0 Å². The molecule has 0 saturated carbocycles. The van der Waals surface area contributed by atoms with Gasteiger partial charge in [0.2, 0.25) is 5.89 Å². The third-order valence-electron chi connectivity index (χ3n) is 2.87. The summed E-state index contributed by atoms with van der Waals surface area (Å²) in [5.41, 5.74) is 1.28. The van der Waals surface area contributed by atoms with Crippen LogP contribution in [0.25, 0.3) is 11.1 Å². The number of nitrogens with zero attached hydrogens (tertiary/aromatic N) is 1. The standard InChI is InChI=1S/C14H14BrNO5/c1-4-20-13(18)14(2,15)12-16-9-7-8(11(17)19-3)5-6-10(9)21-12/h5-7H,4H2,1-3H3. The fraction of sp³-hybridized carbons (Fsp3) is 0.357. The van der Waals surface area contributed by atoms with E-state index in [0.29, 0.717) is 16.7 Å². The first-order chi connectivity index (χ1) is 9.90. The Hall–Kier alpha value is -1.89. The molecule has 0 spiro atoms. The Morgan fingerprint density at radius 2 is 2.14 bits per heavy atom. The number of rotatable bonds is 4. The highest BCUT2D eigenvalue weighted by Gasteiger charge is 2.39. The number of alkyl halides is 1. The molecule has 2 aromatic rings. The number of ether oxygens (including phenoxy) is 2. The zero-order valence-electron chi connectivity index (χ0n) is 11.8. The van der Waals surface area contributed by atoms with Crippen LogP contribution in [0.1, 0.15) is 30.1 Å². The first kappa shape index (κ1) is 15.5. The van der Waals surface area contributed by atoms with Crippen molar-refractivity contribution in [2.24, 2.45) is 0 Å². The Morgan fingerprint density at radius 1 is 1.43 bits per heavy atom. The van der Waals surface area contributed by atoms with Crippen LogP contribution in [-0.2, 0) is 18.6 Å². The van der Waals surface area contributed by atoms with Crippen LogP contribution in [-0.4, -0.2) is 30.6 Å². The Kier molecular flexibility index (Phi) is 4.32. The zero-order valence-corrected chi connectivity index (χ0v) is 13.4. The molecule has 1 aromatic heterocycles. The van der Waals surface area contributed by atoms with E-state index in [9.17, 15) is 9.59 Å². The van der Waals surface area contributed by atoms with Gasteiger partial charge in [-0.25, -0.2) is 14.6 Å². The second-order valence-corrected chi connectivity index (χ2v) is 6.00. The first-order valence-corrected chi connectivity index (χ1v) is 7.05. The van der Waals surface area contributed by atoms with Crippen LogP contribution < -0.4 is 0 Å². The summed E-state index contributed by atoms with van der Waals surface area (Å²) in [6, 6.07) is 4.72. The summed E-state index contributed by atoms with van der Waals surface area (Å²) in [6.45, 7) is 3.57. The number of carbonyl (C=O) groups excluding carboxylic acids is 2. The first-order valence-electron chi connectivity index (χ1n) is 6.25. The summed E-state index contributed by atoms with van der Waals surface area (Å²) in [4.78, 5) is 27.7. The highest BCUT2D eigenvalue weighted by molar-refractivity contribution is 9.10. The monoisotopic (exact) mass is 355 g/mol. The van der Waals surface area contributed by atoms with Gasteiger partial charge in [0, 0.05) is 0 Å². The van der Waals surface area contributed by atoms with Crippen LogP contribution in [0.3, 0.4) is 0 Å². The van der Waals surface area contributed by atoms with Gasteiger partial charge in [0.15, 0.2) is 9.91 Å². The van der Waals surface area contributed by atoms with Crippen molar-refractivity contribution in [3.63, 3.8) is 0 Å². The maximum absolute atomic E-state index is 11.9. The number of hydrogen-bond donors (Lipinski definition) is 0. The van der Waals surface area contributed by atoms with E-state index in [4.69, 9.17) is 9.15 Å². The van der Waals surface area contributed by atoms with E-state index < -0.39 is 16.3 Å². The quantitative estimate of drug-likeness (QED) is 0.619. The lowest BCUT2D eigenvalue weighted by atomic mass is 10.2. The maximum Gasteiger partial charge on any atom is 0.337 e. The van der Waals surface area contributed by atoms with Gasteiger partial charge in [0.1, 0.15) is 5.52 Å². The van der Waals surface area contributed by atoms with Crippen molar-refractivity contribution < 1.29 is 23.5 Å². The molecule has 2 rings (SSSR count). The minimum atomic E-state index is -1.19. The Balaban J connectivity index is 2.43. The molecule has 0 fully saturated rings. The second kappa shape index (κ2) is 5.85. The average molecular weight is 356 g/mol. The van der Waals surface area contributed by atoms with Crippen molar-refractivity contribution in [1.82, 2.24) is 4.98 Å². The van der Waals surface area contributed by atoms with Crippen LogP contribution in [0, 0.1) is 0 Å². The highest BCUT2D eigenvalue weighted by Crippen LogP contribution is 2.34. The van der Waals surface area contributed by atoms with Gasteiger partial charge in [-0.15, -0.1) is 0 Å². The van der Waals surface area contributed by atoms with Gasteiger partial charge in [-0.1, -0.05) is 15.9 Å². The lowest BCUT2D eigenvalue weighted by Gasteiger charge is -2.15. The maximum atomic E-state index is 11.9. The molecule has 0 aliphatic heterocycles. The Labute approximate surface area is 129 Å². The number of methoxy groups -OCH3 is 1. The summed E-state index contributed by atoms with van der Waals surface area (Å²) in [5.74, 6) is -0.795. The molecular weight excluding hydrogens is 342 g/mol. The van der Waals surface area contributed by atoms with E-state index in [1.165, 1.54) is 7.11 Å². The van der Waals surface area contributed by atoms with Crippen LogP contribution in [0.5, 0.6) is 0 Å². The van der Waals surface area contributed by atoms with E-state index in [1.54, 1.807) is 32.0 Å². The van der Waals surface area contributed by atoms with Crippen LogP contribution in [0.2, 0.25) is 0 Å². The van der Waals surface area contributed by atoms with E-state index >= 15 is 0 Å². The predicted molar refractivity (Wildman–Crippen MR) is 78.3 cm³/mol. The Morgan fingerprint density at radius 3 is 2.76 bits per heavy atom. The minimum Gasteiger partial charge on any atom is -0.465 e. The fourth-order valence-corrected chi connectivity index (χ4v) is 2.01. The van der Waals surface area contributed by atoms with Gasteiger partial charge in [-0.2, -0.15) is 0 Å². The molecule has 112 valence electrons. The lowest BCUT2D eigenvalue weighted by Crippen LogP contribution is -2.28. The average Bonchev–Trinajstić information content (AvgIpc) is 2.90. The lowest BCUT2D eigenvalue weighted by molar-refractivity contribution is -0.146. The van der Waals surface area contributed by atoms with E-state index in [-0.39, 0.29) is 12.5 Å². The van der Waals surface area contributed by atoms with Gasteiger partial charge >= 0.3 is 11.9 Å². The molecule has 6 nitrogen and oxygen atoms in total. The highest BCUT2D eigenvalue weighted by atomic mass is 79.9. The van der Waals surface area contributed by atoms with Crippen molar-refractivity contribution in [3.05, 3.63) is 29.7 Å². The van der Waals surface area contributed by atoms with Crippen molar-refractivity contribution >= 4 is 39.0 Å². The summed E-state index contributed by atoms with van der Waals surface area (Å²) in [5, 5.41) is 0. The molecule has 0 radical (unpaired) electrons. The summed E-state index contributed by atoms with van der Waals surface area (Å²) >= 11 is 3.27. The molecule has 0 aliphatic rings. The predicted octanol–water partition coefficient (Wildman–Crippen LogP) is 2.79. The molecule has 1 heterocycles. The van der Waals surface area contributed by atoms with Crippen molar-refractivity contribution in [1.29, 1.82) is 0 Å². The van der Waals surface area contributed by atoms with Crippen molar-refractivity contribution in [2.45, 2.75) is 18.2 Å². The molecule has 1 unspecified atom stereocenters. The minimum absolute atomic E-state index is 0.165. The van der Waals surface area contributed by atoms with Gasteiger partial charge in [-0.3, -0.25) is 0 Å². The van der Waals surface area contributed by atoms with E-state index in [2.05, 4.69) is 25.7 Å². The van der Waals surface area contributed by atoms with Crippen molar-refractivity contribution in [3.8, 4) is 0 Å². The molecule has 21 heavy (non-hydrogen) atoms. The SMILES string of the molecule is CCOC(=O)C(C)(Br)c1nc2cc(C(=O)OC)ccc2o1. The molecule has 1 aromatic carbocycles. The molecule has 0 aliphatic carbocycles. The fourth-order valence-electron chi connectivity index (χ4n) is 1.73. The molecule has 0 saturated heterocycles. The summed E-state index contributed by atoms with van der Waals surface area (Å²) in [7, 11) is 1.30. The number of benzene rings is 1. The zero-order chi connectivity index (χ0) is 15.6. The number of hydrogen-bond acceptors (Lipinski definition) is 6. The number of esters is 2. The van der Waals surface area contributed by atoms with E-state index in [1.807, 2.05) is 0 Å². The third kappa shape index (κ3) is 2.92. The van der Waals surface area contributed by atoms with Gasteiger partial charge in [0.05, 0.1) is 19.3 Å². The van der Waals surface area contributed by atoms with Crippen LogP contribution >= 0.6 is 15.9 Å². The second-order valence-electron chi connectivity index (χ2n) is 4.42. The molecule has 0 bridgehead atoms. The number of carbonyl (C=O) groups is 2. The van der Waals surface area contributed by atoms with Crippen LogP contribution in [0.4, 0.5) is 0 Å². The number of halogens is 1. The van der Waals surface area contributed by atoms with Crippen molar-refractivity contribution in [2.75, 3.05) is 13.7 Å². The van der Waals surface area contributed by atoms with Crippen LogP contribution in [0.15, 0.2) is 22.6 Å². The molecule has 7 heteroatoms. The molecule has 0 N–H and O–H groups in total. The molecular formula is C14H14BrNO5. The Bertz CT molecular complexity index is 692. The largest absolute Gasteiger partial charge is 0.465 e. The summed E-state index contributed by atoms with van der Waals surface area (Å²) < 4.78 is 14.0. The number of oxazole rings is 1. The van der Waals surface area contributed by atoms with Gasteiger partial charge in [-0.05, 0) is 32.0 Å².